The van der Waals surface area contributed by atoms with Crippen molar-refractivity contribution in [1.29, 1.82) is 0 Å². The van der Waals surface area contributed by atoms with E-state index in [0.29, 0.717) is 11.4 Å². The van der Waals surface area contributed by atoms with E-state index in [-0.39, 0.29) is 6.54 Å². The predicted octanol–water partition coefficient (Wildman–Crippen LogP) is 1.44. The van der Waals surface area contributed by atoms with Crippen LogP contribution in [-0.4, -0.2) is 43.1 Å². The molecule has 2 N–H and O–H groups in total. The third kappa shape index (κ3) is 3.13. The number of sulfonamides is 1. The highest BCUT2D eigenvalue weighted by Crippen LogP contribution is 2.27. The molecule has 0 radical (unpaired) electrons. The number of likely N-dealkylation sites (N-methyl/N-ethyl adjacent to an activating group) is 1. The van der Waals surface area contributed by atoms with Gasteiger partial charge in [0.2, 0.25) is 10.0 Å². The van der Waals surface area contributed by atoms with Gasteiger partial charge in [0.15, 0.2) is 0 Å². The van der Waals surface area contributed by atoms with Gasteiger partial charge in [0.05, 0.1) is 10.5 Å². The van der Waals surface area contributed by atoms with Gasteiger partial charge in [0, 0.05) is 25.3 Å². The van der Waals surface area contributed by atoms with Crippen molar-refractivity contribution in [2.45, 2.75) is 37.7 Å². The third-order valence-electron chi connectivity index (χ3n) is 3.34. The molecule has 1 heterocycles. The fourth-order valence-corrected chi connectivity index (χ4v) is 4.04. The van der Waals surface area contributed by atoms with Crippen molar-refractivity contribution in [3.8, 4) is 0 Å². The Kier molecular flexibility index (Phi) is 4.09. The summed E-state index contributed by atoms with van der Waals surface area (Å²) in [6, 6.07) is 5.17. The molecule has 2 rings (SSSR count). The number of benzene rings is 1. The fraction of sp³-hybridized carbons (Fsp3) is 0.571. The summed E-state index contributed by atoms with van der Waals surface area (Å²) in [6.45, 7) is 6.26. The Morgan fingerprint density at radius 3 is 2.70 bits per heavy atom. The van der Waals surface area contributed by atoms with Crippen LogP contribution in [-0.2, 0) is 16.4 Å². The maximum absolute atomic E-state index is 12.6. The number of nitrogens with one attached hydrogen (secondary N) is 1. The van der Waals surface area contributed by atoms with Crippen LogP contribution in [0.25, 0.3) is 0 Å². The highest BCUT2D eigenvalue weighted by molar-refractivity contribution is 7.89. The van der Waals surface area contributed by atoms with E-state index in [1.807, 2.05) is 6.07 Å². The van der Waals surface area contributed by atoms with Crippen LogP contribution in [0.2, 0.25) is 0 Å². The summed E-state index contributed by atoms with van der Waals surface area (Å²) in [6.07, 6.45) is 0.844. The summed E-state index contributed by atoms with van der Waals surface area (Å²) in [4.78, 5) is 0.297. The molecule has 1 aromatic carbocycles. The van der Waals surface area contributed by atoms with Gasteiger partial charge in [-0.15, -0.1) is 0 Å². The minimum absolute atomic E-state index is 0.0845. The first-order valence-electron chi connectivity index (χ1n) is 6.83. The van der Waals surface area contributed by atoms with Crippen LogP contribution in [0.3, 0.4) is 0 Å². The maximum Gasteiger partial charge on any atom is 0.243 e. The van der Waals surface area contributed by atoms with Gasteiger partial charge in [-0.3, -0.25) is 0 Å². The van der Waals surface area contributed by atoms with E-state index < -0.39 is 15.6 Å². The van der Waals surface area contributed by atoms with Gasteiger partial charge in [0.1, 0.15) is 0 Å². The van der Waals surface area contributed by atoms with Crippen molar-refractivity contribution in [2.75, 3.05) is 25.0 Å². The molecule has 112 valence electrons. The first kappa shape index (κ1) is 15.3. The van der Waals surface area contributed by atoms with Crippen LogP contribution in [0.15, 0.2) is 23.1 Å². The van der Waals surface area contributed by atoms with E-state index in [4.69, 9.17) is 0 Å². The summed E-state index contributed by atoms with van der Waals surface area (Å²) in [7, 11) is -3.56. The molecule has 20 heavy (non-hydrogen) atoms. The number of nitrogens with zero attached hydrogens (tertiary/aromatic N) is 1. The lowest BCUT2D eigenvalue weighted by atomic mass is 10.1. The topological polar surface area (TPSA) is 69.6 Å². The van der Waals surface area contributed by atoms with Crippen LogP contribution in [0, 0.1) is 0 Å². The largest absolute Gasteiger partial charge is 0.389 e. The predicted molar refractivity (Wildman–Crippen MR) is 79.4 cm³/mol. The van der Waals surface area contributed by atoms with E-state index in [9.17, 15) is 13.5 Å². The SMILES string of the molecule is CCN(CC(C)(C)O)S(=O)(=O)c1ccc2c(c1)CCN2. The van der Waals surface area contributed by atoms with Gasteiger partial charge in [-0.2, -0.15) is 4.31 Å². The Labute approximate surface area is 120 Å². The first-order valence-corrected chi connectivity index (χ1v) is 8.27. The Morgan fingerprint density at radius 2 is 2.10 bits per heavy atom. The monoisotopic (exact) mass is 298 g/mol. The Morgan fingerprint density at radius 1 is 1.40 bits per heavy atom. The molecule has 1 aliphatic heterocycles. The highest BCUT2D eigenvalue weighted by atomic mass is 32.2. The smallest absolute Gasteiger partial charge is 0.243 e. The van der Waals surface area contributed by atoms with Gasteiger partial charge in [0.25, 0.3) is 0 Å². The summed E-state index contributed by atoms with van der Waals surface area (Å²) in [5, 5.41) is 13.1. The molecular weight excluding hydrogens is 276 g/mol. The van der Waals surface area contributed by atoms with E-state index >= 15 is 0 Å². The number of aliphatic hydroxyl groups is 1. The summed E-state index contributed by atoms with van der Waals surface area (Å²) in [5.74, 6) is 0. The molecule has 0 bridgehead atoms. The Bertz CT molecular complexity index is 591. The molecule has 0 aromatic heterocycles. The van der Waals surface area contributed by atoms with Crippen molar-refractivity contribution >= 4 is 15.7 Å². The van der Waals surface area contributed by atoms with Crippen LogP contribution in [0.1, 0.15) is 26.3 Å². The van der Waals surface area contributed by atoms with Crippen LogP contribution in [0.4, 0.5) is 5.69 Å². The third-order valence-corrected chi connectivity index (χ3v) is 5.26. The number of hydrogen-bond acceptors (Lipinski definition) is 4. The zero-order valence-electron chi connectivity index (χ0n) is 12.2. The molecule has 0 saturated carbocycles. The highest BCUT2D eigenvalue weighted by Gasteiger charge is 2.29. The van der Waals surface area contributed by atoms with E-state index in [0.717, 1.165) is 24.2 Å². The van der Waals surface area contributed by atoms with Crippen molar-refractivity contribution in [1.82, 2.24) is 4.31 Å². The molecule has 0 unspecified atom stereocenters. The molecule has 0 aliphatic carbocycles. The minimum Gasteiger partial charge on any atom is -0.389 e. The minimum atomic E-state index is -3.56. The molecule has 5 nitrogen and oxygen atoms in total. The number of rotatable bonds is 5. The number of anilines is 1. The second kappa shape index (κ2) is 5.35. The van der Waals surface area contributed by atoms with Gasteiger partial charge >= 0.3 is 0 Å². The summed E-state index contributed by atoms with van der Waals surface area (Å²) < 4.78 is 26.6. The molecule has 0 spiro atoms. The molecule has 1 aliphatic rings. The standard InChI is InChI=1S/C14H22N2O3S/c1-4-16(10-14(2,3)17)20(18,19)12-5-6-13-11(9-12)7-8-15-13/h5-6,9,15,17H,4,7-8,10H2,1-3H3. The van der Waals surface area contributed by atoms with Gasteiger partial charge in [-0.05, 0) is 44.0 Å². The first-order chi connectivity index (χ1) is 9.24. The second-order valence-corrected chi connectivity index (χ2v) is 7.68. The van der Waals surface area contributed by atoms with Crippen LogP contribution in [0.5, 0.6) is 0 Å². The number of hydrogen-bond donors (Lipinski definition) is 2. The van der Waals surface area contributed by atoms with E-state index in [2.05, 4.69) is 5.32 Å². The van der Waals surface area contributed by atoms with Crippen LogP contribution >= 0.6 is 0 Å². The van der Waals surface area contributed by atoms with Crippen molar-refractivity contribution in [3.05, 3.63) is 23.8 Å². The summed E-state index contributed by atoms with van der Waals surface area (Å²) in [5.41, 5.74) is 0.987. The van der Waals surface area contributed by atoms with Crippen molar-refractivity contribution in [3.63, 3.8) is 0 Å². The Hall–Kier alpha value is -1.11. The average Bonchev–Trinajstić information content (AvgIpc) is 2.81. The maximum atomic E-state index is 12.6. The van der Waals surface area contributed by atoms with Gasteiger partial charge in [-0.25, -0.2) is 8.42 Å². The van der Waals surface area contributed by atoms with Crippen LogP contribution < -0.4 is 5.32 Å². The molecule has 0 amide bonds. The van der Waals surface area contributed by atoms with Crippen molar-refractivity contribution in [2.24, 2.45) is 0 Å². The van der Waals surface area contributed by atoms with Gasteiger partial charge in [-0.1, -0.05) is 6.92 Å². The lowest BCUT2D eigenvalue weighted by Crippen LogP contribution is -2.42. The van der Waals surface area contributed by atoms with Gasteiger partial charge < -0.3 is 10.4 Å². The zero-order chi connectivity index (χ0) is 15.0. The quantitative estimate of drug-likeness (QED) is 0.863. The molecule has 0 atom stereocenters. The normalized spacial score (nSPS) is 15.2. The van der Waals surface area contributed by atoms with E-state index in [1.165, 1.54) is 4.31 Å². The molecular formula is C14H22N2O3S. The average molecular weight is 298 g/mol. The fourth-order valence-electron chi connectivity index (χ4n) is 2.39. The van der Waals surface area contributed by atoms with E-state index in [1.54, 1.807) is 32.9 Å². The lowest BCUT2D eigenvalue weighted by Gasteiger charge is -2.27. The molecule has 1 aromatic rings. The second-order valence-electron chi connectivity index (χ2n) is 5.74. The molecule has 0 saturated heterocycles. The molecule has 0 fully saturated rings. The zero-order valence-corrected chi connectivity index (χ0v) is 13.0. The number of fused-ring (bicyclic) bond motifs is 1. The van der Waals surface area contributed by atoms with Crippen molar-refractivity contribution < 1.29 is 13.5 Å². The lowest BCUT2D eigenvalue weighted by molar-refractivity contribution is 0.0601. The summed E-state index contributed by atoms with van der Waals surface area (Å²) >= 11 is 0. The molecule has 6 heteroatoms. The Balaban J connectivity index is 2.33.